The molecule has 0 saturated carbocycles. The summed E-state index contributed by atoms with van der Waals surface area (Å²) in [6, 6.07) is 13.7. The van der Waals surface area contributed by atoms with Gasteiger partial charge in [-0.3, -0.25) is 0 Å². The summed E-state index contributed by atoms with van der Waals surface area (Å²) in [5.41, 5.74) is 0. The van der Waals surface area contributed by atoms with Crippen LogP contribution in [0.3, 0.4) is 0 Å². The van der Waals surface area contributed by atoms with Gasteiger partial charge in [-0.1, -0.05) is 25.1 Å². The Hall–Kier alpha value is -1.74. The molecule has 0 aliphatic rings. The summed E-state index contributed by atoms with van der Waals surface area (Å²) < 4.78 is 11.1. The first-order chi connectivity index (χ1) is 8.40. The molecule has 0 bridgehead atoms. The highest BCUT2D eigenvalue weighted by atomic mass is 16.5. The van der Waals surface area contributed by atoms with Crippen molar-refractivity contribution in [1.82, 2.24) is 5.32 Å². The van der Waals surface area contributed by atoms with Gasteiger partial charge in [0.2, 0.25) is 0 Å². The van der Waals surface area contributed by atoms with Crippen molar-refractivity contribution in [3.8, 4) is 5.75 Å². The molecule has 1 atom stereocenters. The molecule has 17 heavy (non-hydrogen) atoms. The number of para-hydroxylation sites is 1. The highest BCUT2D eigenvalue weighted by Crippen LogP contribution is 2.16. The van der Waals surface area contributed by atoms with Crippen LogP contribution in [0.5, 0.6) is 5.75 Å². The van der Waals surface area contributed by atoms with Gasteiger partial charge in [0, 0.05) is 0 Å². The molecule has 3 nitrogen and oxygen atoms in total. The molecule has 1 aromatic carbocycles. The van der Waals surface area contributed by atoms with Gasteiger partial charge in [0.25, 0.3) is 0 Å². The summed E-state index contributed by atoms with van der Waals surface area (Å²) in [6.07, 6.45) is 1.68. The lowest BCUT2D eigenvalue weighted by Crippen LogP contribution is -2.26. The first-order valence-electron chi connectivity index (χ1n) is 5.84. The molecule has 0 radical (unpaired) electrons. The van der Waals surface area contributed by atoms with Crippen molar-refractivity contribution in [3.05, 3.63) is 54.5 Å². The van der Waals surface area contributed by atoms with Crippen LogP contribution in [0.1, 0.15) is 18.7 Å². The van der Waals surface area contributed by atoms with E-state index in [-0.39, 0.29) is 6.04 Å². The minimum absolute atomic E-state index is 0.0928. The van der Waals surface area contributed by atoms with E-state index in [0.717, 1.165) is 18.1 Å². The van der Waals surface area contributed by atoms with Gasteiger partial charge in [-0.05, 0) is 30.8 Å². The van der Waals surface area contributed by atoms with Crippen molar-refractivity contribution in [3.63, 3.8) is 0 Å². The lowest BCUT2D eigenvalue weighted by atomic mass is 10.2. The van der Waals surface area contributed by atoms with Crippen LogP contribution in [0.15, 0.2) is 53.1 Å². The predicted octanol–water partition coefficient (Wildman–Crippen LogP) is 3.01. The zero-order valence-electron chi connectivity index (χ0n) is 9.93. The van der Waals surface area contributed by atoms with E-state index in [4.69, 9.17) is 9.15 Å². The lowest BCUT2D eigenvalue weighted by Gasteiger charge is -2.16. The number of furan rings is 1. The fourth-order valence-corrected chi connectivity index (χ4v) is 1.67. The summed E-state index contributed by atoms with van der Waals surface area (Å²) in [5.74, 6) is 1.78. The second-order valence-electron chi connectivity index (χ2n) is 3.75. The van der Waals surface area contributed by atoms with E-state index < -0.39 is 0 Å². The third-order valence-corrected chi connectivity index (χ3v) is 2.50. The van der Waals surface area contributed by atoms with Gasteiger partial charge in [-0.25, -0.2) is 0 Å². The molecule has 90 valence electrons. The fraction of sp³-hybridized carbons (Fsp3) is 0.286. The van der Waals surface area contributed by atoms with Crippen molar-refractivity contribution in [1.29, 1.82) is 0 Å². The average molecular weight is 231 g/mol. The highest BCUT2D eigenvalue weighted by Gasteiger charge is 2.13. The lowest BCUT2D eigenvalue weighted by molar-refractivity contribution is 0.248. The van der Waals surface area contributed by atoms with Gasteiger partial charge in [0.05, 0.1) is 6.26 Å². The Morgan fingerprint density at radius 3 is 2.65 bits per heavy atom. The molecule has 0 fully saturated rings. The first kappa shape index (κ1) is 11.7. The van der Waals surface area contributed by atoms with Crippen LogP contribution in [0.25, 0.3) is 0 Å². The van der Waals surface area contributed by atoms with Crippen LogP contribution in [-0.2, 0) is 0 Å². The van der Waals surface area contributed by atoms with Gasteiger partial charge < -0.3 is 14.5 Å². The minimum atomic E-state index is 0.0928. The summed E-state index contributed by atoms with van der Waals surface area (Å²) in [7, 11) is 0. The molecule has 0 aliphatic carbocycles. The zero-order chi connectivity index (χ0) is 11.9. The van der Waals surface area contributed by atoms with Gasteiger partial charge in [0.1, 0.15) is 24.2 Å². The Balaban J connectivity index is 1.95. The molecule has 2 rings (SSSR count). The zero-order valence-corrected chi connectivity index (χ0v) is 9.93. The molecular weight excluding hydrogens is 214 g/mol. The average Bonchev–Trinajstić information content (AvgIpc) is 2.89. The molecule has 0 amide bonds. The Kier molecular flexibility index (Phi) is 4.22. The Morgan fingerprint density at radius 2 is 2.00 bits per heavy atom. The van der Waals surface area contributed by atoms with Crippen molar-refractivity contribution < 1.29 is 9.15 Å². The molecule has 0 saturated heterocycles. The van der Waals surface area contributed by atoms with Gasteiger partial charge in [-0.15, -0.1) is 0 Å². The van der Waals surface area contributed by atoms with E-state index in [2.05, 4.69) is 12.2 Å². The molecule has 1 heterocycles. The van der Waals surface area contributed by atoms with Crippen LogP contribution < -0.4 is 10.1 Å². The van der Waals surface area contributed by atoms with Crippen LogP contribution in [0.2, 0.25) is 0 Å². The van der Waals surface area contributed by atoms with E-state index >= 15 is 0 Å². The van der Waals surface area contributed by atoms with Crippen molar-refractivity contribution in [2.24, 2.45) is 0 Å². The van der Waals surface area contributed by atoms with Crippen molar-refractivity contribution in [2.45, 2.75) is 13.0 Å². The number of likely N-dealkylation sites (N-methyl/N-ethyl adjacent to an activating group) is 1. The fourth-order valence-electron chi connectivity index (χ4n) is 1.67. The topological polar surface area (TPSA) is 34.4 Å². The minimum Gasteiger partial charge on any atom is -0.491 e. The van der Waals surface area contributed by atoms with E-state index in [1.54, 1.807) is 6.26 Å². The predicted molar refractivity (Wildman–Crippen MR) is 67.1 cm³/mol. The standard InChI is InChI=1S/C14H17NO2/c1-2-15-13(14-9-6-10-16-14)11-17-12-7-4-3-5-8-12/h3-10,13,15H,2,11H2,1H3. The number of ether oxygens (including phenoxy) is 1. The highest BCUT2D eigenvalue weighted by molar-refractivity contribution is 5.21. The largest absolute Gasteiger partial charge is 0.491 e. The number of hydrogen-bond donors (Lipinski definition) is 1. The van der Waals surface area contributed by atoms with Crippen LogP contribution in [0, 0.1) is 0 Å². The Bertz CT molecular complexity index is 411. The summed E-state index contributed by atoms with van der Waals surface area (Å²) in [5, 5.41) is 3.34. The summed E-state index contributed by atoms with van der Waals surface area (Å²) in [4.78, 5) is 0. The monoisotopic (exact) mass is 231 g/mol. The van der Waals surface area contributed by atoms with Gasteiger partial charge in [-0.2, -0.15) is 0 Å². The summed E-state index contributed by atoms with van der Waals surface area (Å²) in [6.45, 7) is 3.51. The quantitative estimate of drug-likeness (QED) is 0.829. The number of hydrogen-bond acceptors (Lipinski definition) is 3. The van der Waals surface area contributed by atoms with E-state index in [1.165, 1.54) is 0 Å². The number of rotatable bonds is 6. The van der Waals surface area contributed by atoms with Crippen molar-refractivity contribution in [2.75, 3.05) is 13.2 Å². The number of benzene rings is 1. The maximum atomic E-state index is 5.72. The molecular formula is C14H17NO2. The maximum absolute atomic E-state index is 5.72. The molecule has 2 aromatic rings. The third kappa shape index (κ3) is 3.36. The second-order valence-corrected chi connectivity index (χ2v) is 3.75. The summed E-state index contributed by atoms with van der Waals surface area (Å²) >= 11 is 0. The van der Waals surface area contributed by atoms with E-state index in [1.807, 2.05) is 42.5 Å². The third-order valence-electron chi connectivity index (χ3n) is 2.50. The maximum Gasteiger partial charge on any atom is 0.124 e. The van der Waals surface area contributed by atoms with Gasteiger partial charge >= 0.3 is 0 Å². The van der Waals surface area contributed by atoms with E-state index in [9.17, 15) is 0 Å². The second kappa shape index (κ2) is 6.11. The molecule has 1 unspecified atom stereocenters. The van der Waals surface area contributed by atoms with Crippen LogP contribution in [0.4, 0.5) is 0 Å². The normalized spacial score (nSPS) is 12.3. The molecule has 1 aromatic heterocycles. The Morgan fingerprint density at radius 1 is 1.18 bits per heavy atom. The molecule has 1 N–H and O–H groups in total. The molecule has 3 heteroatoms. The SMILES string of the molecule is CCNC(COc1ccccc1)c1ccco1. The first-order valence-corrected chi connectivity index (χ1v) is 5.84. The molecule has 0 aliphatic heterocycles. The van der Waals surface area contributed by atoms with Crippen molar-refractivity contribution >= 4 is 0 Å². The molecule has 0 spiro atoms. The van der Waals surface area contributed by atoms with Crippen LogP contribution >= 0.6 is 0 Å². The smallest absolute Gasteiger partial charge is 0.124 e. The van der Waals surface area contributed by atoms with Gasteiger partial charge in [0.15, 0.2) is 0 Å². The van der Waals surface area contributed by atoms with Crippen LogP contribution in [-0.4, -0.2) is 13.2 Å². The van der Waals surface area contributed by atoms with E-state index in [0.29, 0.717) is 6.61 Å². The Labute approximate surface area is 101 Å². The number of nitrogens with one attached hydrogen (secondary N) is 1.